The Hall–Kier alpha value is -3.29. The molecule has 0 spiro atoms. The summed E-state index contributed by atoms with van der Waals surface area (Å²) >= 11 is 0. The molecule has 2 rings (SSSR count). The molecule has 25 heavy (non-hydrogen) atoms. The van der Waals surface area contributed by atoms with E-state index in [0.717, 1.165) is 0 Å². The first-order valence-electron chi connectivity index (χ1n) is 7.42. The van der Waals surface area contributed by atoms with E-state index in [9.17, 15) is 19.7 Å². The predicted octanol–water partition coefficient (Wildman–Crippen LogP) is 2.28. The van der Waals surface area contributed by atoms with Gasteiger partial charge in [0.05, 0.1) is 11.3 Å². The van der Waals surface area contributed by atoms with Gasteiger partial charge in [0, 0.05) is 18.2 Å². The summed E-state index contributed by atoms with van der Waals surface area (Å²) in [4.78, 5) is 42.3. The van der Waals surface area contributed by atoms with Crippen LogP contribution in [-0.4, -0.2) is 21.8 Å². The Kier molecular flexibility index (Phi) is 6.16. The highest BCUT2D eigenvalue weighted by molar-refractivity contribution is 5.93. The number of ketones is 1. The number of carbonyl (C=O) groups excluding carboxylic acids is 2. The second-order valence-electron chi connectivity index (χ2n) is 5.22. The molecule has 0 saturated carbocycles. The molecule has 0 N–H and O–H groups in total. The number of esters is 1. The van der Waals surface area contributed by atoms with Gasteiger partial charge in [-0.2, -0.15) is 0 Å². The Bertz CT molecular complexity index is 790. The zero-order chi connectivity index (χ0) is 18.2. The van der Waals surface area contributed by atoms with Crippen LogP contribution in [-0.2, 0) is 34.0 Å². The van der Waals surface area contributed by atoms with E-state index in [1.54, 1.807) is 36.4 Å². The lowest BCUT2D eigenvalue weighted by Crippen LogP contribution is -2.12. The summed E-state index contributed by atoms with van der Waals surface area (Å²) < 4.78 is 5.25. The molecule has 2 aromatic rings. The minimum atomic E-state index is -0.902. The lowest BCUT2D eigenvalue weighted by Gasteiger charge is -2.10. The Balaban J connectivity index is 2.08. The Labute approximate surface area is 143 Å². The zero-order valence-electron chi connectivity index (χ0n) is 13.5. The van der Waals surface area contributed by atoms with E-state index in [-0.39, 0.29) is 25.4 Å². The van der Waals surface area contributed by atoms with Crippen molar-refractivity contribution in [2.24, 2.45) is 0 Å². The number of nitrogens with zero attached hydrogens (tertiary/aromatic N) is 2. The molecule has 1 aromatic heterocycles. The number of hydrogen-bond donors (Lipinski definition) is 0. The third kappa shape index (κ3) is 5.38. The molecule has 0 aliphatic carbocycles. The summed E-state index contributed by atoms with van der Waals surface area (Å²) in [7, 11) is 0. The van der Waals surface area contributed by atoms with Crippen LogP contribution in [0.3, 0.4) is 0 Å². The molecular weight excluding hydrogens is 328 g/mol. The van der Waals surface area contributed by atoms with Gasteiger partial charge in [0.25, 0.3) is 5.09 Å². The van der Waals surface area contributed by atoms with Crippen molar-refractivity contribution >= 4 is 11.8 Å². The summed E-state index contributed by atoms with van der Waals surface area (Å²) in [5.41, 5.74) is 1.69. The van der Waals surface area contributed by atoms with Crippen LogP contribution in [0, 0.1) is 10.1 Å². The van der Waals surface area contributed by atoms with Crippen molar-refractivity contribution in [3.05, 3.63) is 75.1 Å². The molecule has 0 radical (unpaired) electrons. The Morgan fingerprint density at radius 1 is 1.12 bits per heavy atom. The first kappa shape index (κ1) is 18.1. The number of hydrogen-bond acceptors (Lipinski definition) is 7. The van der Waals surface area contributed by atoms with E-state index in [0.29, 0.717) is 22.4 Å². The summed E-state index contributed by atoms with van der Waals surface area (Å²) in [6.45, 7) is 0.997. The number of carbonyl (C=O) groups is 2. The zero-order valence-corrected chi connectivity index (χ0v) is 13.5. The van der Waals surface area contributed by atoms with Gasteiger partial charge in [0.2, 0.25) is 0 Å². The molecule has 0 bridgehead atoms. The number of Topliss-reactive ketones (excluding diaryl/α,β-unsaturated/α-hetero) is 1. The van der Waals surface area contributed by atoms with Gasteiger partial charge in [-0.05, 0) is 24.6 Å². The van der Waals surface area contributed by atoms with Gasteiger partial charge >= 0.3 is 5.97 Å². The van der Waals surface area contributed by atoms with Gasteiger partial charge < -0.3 is 9.57 Å². The summed E-state index contributed by atoms with van der Waals surface area (Å²) in [5, 5.41) is 9.41. The smallest absolute Gasteiger partial charge is 0.338 e. The molecule has 0 atom stereocenters. The van der Waals surface area contributed by atoms with Gasteiger partial charge in [-0.25, -0.2) is 4.79 Å². The van der Waals surface area contributed by atoms with E-state index in [1.165, 1.54) is 13.1 Å². The molecule has 130 valence electrons. The fraction of sp³-hybridized carbons (Fsp3) is 0.235. The van der Waals surface area contributed by atoms with Crippen LogP contribution in [0.2, 0.25) is 0 Å². The second-order valence-corrected chi connectivity index (χ2v) is 5.22. The van der Waals surface area contributed by atoms with Crippen LogP contribution >= 0.6 is 0 Å². The standard InChI is InChI=1S/C17H16N2O6/c1-12(20)9-13-5-2-3-7-15(13)17(21)24-11-16-14(6-4-8-18-16)10-25-19(22)23/h2-8H,9-11H2,1H3. The molecule has 1 aromatic carbocycles. The molecule has 0 unspecified atom stereocenters. The highest BCUT2D eigenvalue weighted by Crippen LogP contribution is 2.14. The maximum Gasteiger partial charge on any atom is 0.338 e. The monoisotopic (exact) mass is 344 g/mol. The quantitative estimate of drug-likeness (QED) is 0.410. The number of rotatable bonds is 8. The number of benzene rings is 1. The van der Waals surface area contributed by atoms with Crippen LogP contribution in [0.5, 0.6) is 0 Å². The van der Waals surface area contributed by atoms with Gasteiger partial charge in [0.15, 0.2) is 0 Å². The highest BCUT2D eigenvalue weighted by atomic mass is 16.9. The van der Waals surface area contributed by atoms with Crippen molar-refractivity contribution in [3.8, 4) is 0 Å². The third-order valence-corrected chi connectivity index (χ3v) is 3.33. The van der Waals surface area contributed by atoms with E-state index >= 15 is 0 Å². The van der Waals surface area contributed by atoms with Crippen LogP contribution in [0.15, 0.2) is 42.6 Å². The average Bonchev–Trinajstić information content (AvgIpc) is 2.58. The predicted molar refractivity (Wildman–Crippen MR) is 86.0 cm³/mol. The number of aromatic nitrogens is 1. The van der Waals surface area contributed by atoms with E-state index < -0.39 is 11.1 Å². The molecule has 1 heterocycles. The van der Waals surface area contributed by atoms with Gasteiger partial charge in [0.1, 0.15) is 19.0 Å². The van der Waals surface area contributed by atoms with Crippen LogP contribution in [0.25, 0.3) is 0 Å². The normalized spacial score (nSPS) is 10.1. The molecule has 0 aliphatic heterocycles. The van der Waals surface area contributed by atoms with Crippen molar-refractivity contribution in [3.63, 3.8) is 0 Å². The summed E-state index contributed by atoms with van der Waals surface area (Å²) in [6.07, 6.45) is 1.62. The molecule has 8 heteroatoms. The Morgan fingerprint density at radius 2 is 1.84 bits per heavy atom. The summed E-state index contributed by atoms with van der Waals surface area (Å²) in [5.74, 6) is -0.659. The van der Waals surface area contributed by atoms with E-state index in [1.807, 2.05) is 0 Å². The first-order valence-corrected chi connectivity index (χ1v) is 7.42. The average molecular weight is 344 g/mol. The van der Waals surface area contributed by atoms with Crippen molar-refractivity contribution < 1.29 is 24.3 Å². The van der Waals surface area contributed by atoms with Crippen molar-refractivity contribution in [2.45, 2.75) is 26.6 Å². The van der Waals surface area contributed by atoms with Gasteiger partial charge in [-0.3, -0.25) is 9.78 Å². The molecule has 0 fully saturated rings. The second kappa shape index (κ2) is 8.53. The van der Waals surface area contributed by atoms with Crippen LogP contribution in [0.1, 0.15) is 34.1 Å². The van der Waals surface area contributed by atoms with E-state index in [4.69, 9.17) is 4.74 Å². The molecular formula is C17H16N2O6. The SMILES string of the molecule is CC(=O)Cc1ccccc1C(=O)OCc1ncccc1CO[N+](=O)[O-]. The number of pyridine rings is 1. The lowest BCUT2D eigenvalue weighted by atomic mass is 10.0. The van der Waals surface area contributed by atoms with Crippen molar-refractivity contribution in [2.75, 3.05) is 0 Å². The topological polar surface area (TPSA) is 109 Å². The minimum Gasteiger partial charge on any atom is -0.456 e. The highest BCUT2D eigenvalue weighted by Gasteiger charge is 2.15. The fourth-order valence-electron chi connectivity index (χ4n) is 2.21. The Morgan fingerprint density at radius 3 is 2.56 bits per heavy atom. The first-order chi connectivity index (χ1) is 12.0. The minimum absolute atomic E-state index is 0.0656. The van der Waals surface area contributed by atoms with Crippen molar-refractivity contribution in [1.82, 2.24) is 4.98 Å². The largest absolute Gasteiger partial charge is 0.456 e. The van der Waals surface area contributed by atoms with Crippen molar-refractivity contribution in [1.29, 1.82) is 0 Å². The maximum absolute atomic E-state index is 12.3. The molecule has 8 nitrogen and oxygen atoms in total. The molecule has 0 saturated heterocycles. The van der Waals surface area contributed by atoms with Crippen LogP contribution in [0.4, 0.5) is 0 Å². The third-order valence-electron chi connectivity index (χ3n) is 3.33. The van der Waals surface area contributed by atoms with E-state index in [2.05, 4.69) is 9.82 Å². The number of ether oxygens (including phenoxy) is 1. The van der Waals surface area contributed by atoms with Gasteiger partial charge in [-0.15, -0.1) is 10.1 Å². The van der Waals surface area contributed by atoms with Gasteiger partial charge in [-0.1, -0.05) is 24.3 Å². The van der Waals surface area contributed by atoms with Crippen LogP contribution < -0.4 is 0 Å². The fourth-order valence-corrected chi connectivity index (χ4v) is 2.21. The summed E-state index contributed by atoms with van der Waals surface area (Å²) in [6, 6.07) is 9.89. The maximum atomic E-state index is 12.3. The molecule has 0 amide bonds. The lowest BCUT2D eigenvalue weighted by molar-refractivity contribution is -0.763. The molecule has 0 aliphatic rings.